The number of carboxylic acids is 1. The molecule has 0 saturated carbocycles. The van der Waals surface area contributed by atoms with Gasteiger partial charge in [-0.25, -0.2) is 9.37 Å². The number of benzene rings is 1. The molecular formula is C20H22FN3O2. The van der Waals surface area contributed by atoms with Gasteiger partial charge in [0.15, 0.2) is 0 Å². The number of nitrogens with one attached hydrogen (secondary N) is 1. The van der Waals surface area contributed by atoms with E-state index < -0.39 is 12.0 Å². The Bertz CT molecular complexity index is 919. The highest BCUT2D eigenvalue weighted by Gasteiger charge is 2.29. The van der Waals surface area contributed by atoms with Crippen molar-refractivity contribution in [1.82, 2.24) is 14.9 Å². The summed E-state index contributed by atoms with van der Waals surface area (Å²) < 4.78 is 15.2. The van der Waals surface area contributed by atoms with E-state index in [1.165, 1.54) is 12.1 Å². The molecule has 2 N–H and O–H groups in total. The normalized spacial score (nSPS) is 15.9. The third-order valence-corrected chi connectivity index (χ3v) is 4.52. The SMILES string of the molecule is CC.O=C(O)C1Cc2c(n(Cc3ccc(F)cc3)c3ncccc23)CN1. The van der Waals surface area contributed by atoms with Gasteiger partial charge in [0.2, 0.25) is 0 Å². The van der Waals surface area contributed by atoms with Gasteiger partial charge in [0.1, 0.15) is 17.5 Å². The van der Waals surface area contributed by atoms with Crippen LogP contribution in [-0.4, -0.2) is 26.7 Å². The smallest absolute Gasteiger partial charge is 0.321 e. The maximum atomic E-state index is 13.1. The molecule has 5 nitrogen and oxygen atoms in total. The van der Waals surface area contributed by atoms with Gasteiger partial charge in [-0.05, 0) is 35.4 Å². The molecule has 1 aliphatic heterocycles. The molecule has 0 amide bonds. The summed E-state index contributed by atoms with van der Waals surface area (Å²) in [6, 6.07) is 9.66. The average molecular weight is 355 g/mol. The Labute approximate surface area is 151 Å². The number of aromatic nitrogens is 2. The van der Waals surface area contributed by atoms with E-state index >= 15 is 0 Å². The molecule has 1 aromatic carbocycles. The van der Waals surface area contributed by atoms with Crippen molar-refractivity contribution in [2.45, 2.75) is 39.4 Å². The minimum absolute atomic E-state index is 0.262. The highest BCUT2D eigenvalue weighted by atomic mass is 19.1. The minimum atomic E-state index is -0.844. The zero-order chi connectivity index (χ0) is 18.7. The molecule has 3 heterocycles. The number of carbonyl (C=O) groups is 1. The fourth-order valence-corrected chi connectivity index (χ4v) is 3.34. The Morgan fingerprint density at radius 2 is 2.04 bits per heavy atom. The number of hydrogen-bond donors (Lipinski definition) is 2. The van der Waals surface area contributed by atoms with E-state index in [4.69, 9.17) is 0 Å². The number of aliphatic carboxylic acids is 1. The lowest BCUT2D eigenvalue weighted by Crippen LogP contribution is -2.42. The average Bonchev–Trinajstić information content (AvgIpc) is 2.98. The maximum absolute atomic E-state index is 13.1. The summed E-state index contributed by atoms with van der Waals surface area (Å²) in [5, 5.41) is 13.3. The van der Waals surface area contributed by atoms with Crippen LogP contribution in [0, 0.1) is 5.82 Å². The standard InChI is InChI=1S/C18H16FN3O2.C2H6/c19-12-5-3-11(4-6-12)10-22-16-9-21-15(18(23)24)8-14(16)13-2-1-7-20-17(13)22;1-2/h1-7,15,21H,8-10H2,(H,23,24);1-2H3. The fourth-order valence-electron chi connectivity index (χ4n) is 3.34. The maximum Gasteiger partial charge on any atom is 0.321 e. The summed E-state index contributed by atoms with van der Waals surface area (Å²) in [6.07, 6.45) is 2.17. The third kappa shape index (κ3) is 3.32. The first-order valence-electron chi connectivity index (χ1n) is 8.79. The summed E-state index contributed by atoms with van der Waals surface area (Å²) in [5.41, 5.74) is 3.89. The van der Waals surface area contributed by atoms with Crippen LogP contribution in [0.1, 0.15) is 30.7 Å². The van der Waals surface area contributed by atoms with E-state index in [1.54, 1.807) is 18.3 Å². The second-order valence-electron chi connectivity index (χ2n) is 5.99. The number of fused-ring (bicyclic) bond motifs is 3. The first-order chi connectivity index (χ1) is 12.6. The number of pyridine rings is 1. The van der Waals surface area contributed by atoms with Gasteiger partial charge in [-0.15, -0.1) is 0 Å². The summed E-state index contributed by atoms with van der Waals surface area (Å²) in [7, 11) is 0. The molecule has 0 bridgehead atoms. The largest absolute Gasteiger partial charge is 0.480 e. The predicted molar refractivity (Wildman–Crippen MR) is 98.6 cm³/mol. The molecule has 1 atom stereocenters. The van der Waals surface area contributed by atoms with Crippen molar-refractivity contribution in [2.75, 3.05) is 0 Å². The van der Waals surface area contributed by atoms with Crippen LogP contribution in [0.15, 0.2) is 42.6 Å². The molecule has 1 aliphatic rings. The summed E-state index contributed by atoms with van der Waals surface area (Å²) >= 11 is 0. The van der Waals surface area contributed by atoms with Gasteiger partial charge in [0, 0.05) is 36.8 Å². The Morgan fingerprint density at radius 3 is 2.73 bits per heavy atom. The monoisotopic (exact) mass is 355 g/mol. The van der Waals surface area contributed by atoms with E-state index in [2.05, 4.69) is 14.9 Å². The number of nitrogens with zero attached hydrogens (tertiary/aromatic N) is 2. The summed E-state index contributed by atoms with van der Waals surface area (Å²) in [4.78, 5) is 15.8. The molecule has 0 spiro atoms. The lowest BCUT2D eigenvalue weighted by molar-refractivity contribution is -0.139. The van der Waals surface area contributed by atoms with Crippen LogP contribution in [-0.2, 0) is 24.3 Å². The molecule has 4 rings (SSSR count). The van der Waals surface area contributed by atoms with E-state index in [9.17, 15) is 14.3 Å². The topological polar surface area (TPSA) is 67.1 Å². The van der Waals surface area contributed by atoms with Crippen LogP contribution < -0.4 is 5.32 Å². The lowest BCUT2D eigenvalue weighted by Gasteiger charge is -2.22. The second-order valence-corrected chi connectivity index (χ2v) is 5.99. The Morgan fingerprint density at radius 1 is 1.31 bits per heavy atom. The fraction of sp³-hybridized carbons (Fsp3) is 0.300. The molecule has 1 unspecified atom stereocenters. The summed E-state index contributed by atoms with van der Waals surface area (Å²) in [6.45, 7) is 5.05. The van der Waals surface area contributed by atoms with Crippen LogP contribution in [0.2, 0.25) is 0 Å². The molecule has 26 heavy (non-hydrogen) atoms. The van der Waals surface area contributed by atoms with E-state index in [0.29, 0.717) is 19.5 Å². The molecule has 2 aromatic heterocycles. The second kappa shape index (κ2) is 7.66. The number of hydrogen-bond acceptors (Lipinski definition) is 3. The van der Waals surface area contributed by atoms with Gasteiger partial charge in [0.25, 0.3) is 0 Å². The van der Waals surface area contributed by atoms with Crippen molar-refractivity contribution in [3.05, 3.63) is 65.2 Å². The van der Waals surface area contributed by atoms with Gasteiger partial charge < -0.3 is 9.67 Å². The van der Waals surface area contributed by atoms with E-state index in [0.717, 1.165) is 27.9 Å². The molecule has 0 aliphatic carbocycles. The molecule has 0 saturated heterocycles. The van der Waals surface area contributed by atoms with Crippen molar-refractivity contribution in [2.24, 2.45) is 0 Å². The Hall–Kier alpha value is -2.73. The molecular weight excluding hydrogens is 333 g/mol. The molecule has 0 radical (unpaired) electrons. The van der Waals surface area contributed by atoms with E-state index in [1.807, 2.05) is 26.0 Å². The van der Waals surface area contributed by atoms with Crippen molar-refractivity contribution < 1.29 is 14.3 Å². The first-order valence-corrected chi connectivity index (χ1v) is 8.79. The number of rotatable bonds is 3. The van der Waals surface area contributed by atoms with Gasteiger partial charge in [-0.3, -0.25) is 10.1 Å². The number of carboxylic acid groups (broad SMARTS) is 1. The zero-order valence-corrected chi connectivity index (χ0v) is 14.9. The highest BCUT2D eigenvalue weighted by Crippen LogP contribution is 2.29. The van der Waals surface area contributed by atoms with Crippen LogP contribution in [0.5, 0.6) is 0 Å². The van der Waals surface area contributed by atoms with Crippen LogP contribution >= 0.6 is 0 Å². The minimum Gasteiger partial charge on any atom is -0.480 e. The van der Waals surface area contributed by atoms with Crippen LogP contribution in [0.4, 0.5) is 4.39 Å². The first kappa shape index (κ1) is 18.1. The van der Waals surface area contributed by atoms with Gasteiger partial charge in [-0.1, -0.05) is 26.0 Å². The molecule has 6 heteroatoms. The lowest BCUT2D eigenvalue weighted by atomic mass is 9.99. The van der Waals surface area contributed by atoms with Crippen molar-refractivity contribution in [3.63, 3.8) is 0 Å². The predicted octanol–water partition coefficient (Wildman–Crippen LogP) is 3.35. The highest BCUT2D eigenvalue weighted by molar-refractivity contribution is 5.84. The Kier molecular flexibility index (Phi) is 5.32. The van der Waals surface area contributed by atoms with Gasteiger partial charge in [-0.2, -0.15) is 0 Å². The molecule has 136 valence electrons. The summed E-state index contributed by atoms with van der Waals surface area (Å²) in [5.74, 6) is -1.11. The van der Waals surface area contributed by atoms with Crippen molar-refractivity contribution >= 4 is 17.0 Å². The molecule has 0 fully saturated rings. The van der Waals surface area contributed by atoms with Crippen molar-refractivity contribution in [1.29, 1.82) is 0 Å². The quantitative estimate of drug-likeness (QED) is 0.756. The number of halogens is 1. The third-order valence-electron chi connectivity index (χ3n) is 4.52. The zero-order valence-electron chi connectivity index (χ0n) is 14.9. The molecule has 3 aromatic rings. The van der Waals surface area contributed by atoms with Crippen LogP contribution in [0.25, 0.3) is 11.0 Å². The van der Waals surface area contributed by atoms with E-state index in [-0.39, 0.29) is 5.82 Å². The Balaban J connectivity index is 0.000000948. The van der Waals surface area contributed by atoms with Crippen molar-refractivity contribution in [3.8, 4) is 0 Å². The van der Waals surface area contributed by atoms with Gasteiger partial charge in [0.05, 0.1) is 0 Å². The van der Waals surface area contributed by atoms with Crippen LogP contribution in [0.3, 0.4) is 0 Å². The van der Waals surface area contributed by atoms with Gasteiger partial charge >= 0.3 is 5.97 Å².